The standard InChI is InChI=1S/C13H19N/c1-12(14-9-5-6-10-14)11-13-7-3-2-4-8-13/h2-4,7-8,12H,5-6,9-11H2,1H3. The van der Waals surface area contributed by atoms with Crippen LogP contribution < -0.4 is 0 Å². The molecule has 0 amide bonds. The van der Waals surface area contributed by atoms with E-state index in [0.717, 1.165) is 0 Å². The Morgan fingerprint density at radius 2 is 1.79 bits per heavy atom. The smallest absolute Gasteiger partial charge is 0.0107 e. The molecule has 0 aromatic heterocycles. The topological polar surface area (TPSA) is 3.24 Å². The summed E-state index contributed by atoms with van der Waals surface area (Å²) in [5.74, 6) is 0. The summed E-state index contributed by atoms with van der Waals surface area (Å²) in [6, 6.07) is 11.5. The van der Waals surface area contributed by atoms with Crippen molar-refractivity contribution in [2.75, 3.05) is 13.1 Å². The second-order valence-corrected chi connectivity index (χ2v) is 4.28. The molecule has 0 bridgehead atoms. The van der Waals surface area contributed by atoms with Crippen molar-refractivity contribution >= 4 is 0 Å². The van der Waals surface area contributed by atoms with Crippen molar-refractivity contribution in [3.63, 3.8) is 0 Å². The summed E-state index contributed by atoms with van der Waals surface area (Å²) in [7, 11) is 0. The molecule has 1 unspecified atom stereocenters. The van der Waals surface area contributed by atoms with E-state index in [1.807, 2.05) is 0 Å². The van der Waals surface area contributed by atoms with Gasteiger partial charge in [0.05, 0.1) is 0 Å². The van der Waals surface area contributed by atoms with Crippen molar-refractivity contribution in [3.05, 3.63) is 35.9 Å². The molecule has 1 aromatic carbocycles. The fourth-order valence-electron chi connectivity index (χ4n) is 2.27. The van der Waals surface area contributed by atoms with Gasteiger partial charge in [-0.1, -0.05) is 30.3 Å². The number of likely N-dealkylation sites (tertiary alicyclic amines) is 1. The normalized spacial score (nSPS) is 19.8. The summed E-state index contributed by atoms with van der Waals surface area (Å²) in [4.78, 5) is 2.60. The molecule has 1 aliphatic rings. The van der Waals surface area contributed by atoms with Gasteiger partial charge in [-0.2, -0.15) is 0 Å². The zero-order valence-electron chi connectivity index (χ0n) is 8.95. The molecule has 0 aliphatic carbocycles. The third kappa shape index (κ3) is 2.36. The molecule has 1 atom stereocenters. The highest BCUT2D eigenvalue weighted by molar-refractivity contribution is 5.15. The van der Waals surface area contributed by atoms with Crippen molar-refractivity contribution in [2.24, 2.45) is 0 Å². The Balaban J connectivity index is 1.90. The van der Waals surface area contributed by atoms with Gasteiger partial charge in [0.1, 0.15) is 0 Å². The van der Waals surface area contributed by atoms with E-state index >= 15 is 0 Å². The van der Waals surface area contributed by atoms with Crippen LogP contribution in [0.5, 0.6) is 0 Å². The van der Waals surface area contributed by atoms with Crippen LogP contribution in [0.3, 0.4) is 0 Å². The Morgan fingerprint density at radius 3 is 2.43 bits per heavy atom. The number of hydrogen-bond donors (Lipinski definition) is 0. The average molecular weight is 189 g/mol. The molecule has 14 heavy (non-hydrogen) atoms. The highest BCUT2D eigenvalue weighted by Gasteiger charge is 2.17. The summed E-state index contributed by atoms with van der Waals surface area (Å²) in [5.41, 5.74) is 1.46. The van der Waals surface area contributed by atoms with E-state index in [9.17, 15) is 0 Å². The maximum atomic E-state index is 2.60. The number of rotatable bonds is 3. The van der Waals surface area contributed by atoms with Crippen LogP contribution >= 0.6 is 0 Å². The zero-order chi connectivity index (χ0) is 9.80. The van der Waals surface area contributed by atoms with Gasteiger partial charge in [-0.05, 0) is 44.8 Å². The van der Waals surface area contributed by atoms with Crippen LogP contribution in [0, 0.1) is 0 Å². The van der Waals surface area contributed by atoms with E-state index < -0.39 is 0 Å². The average Bonchev–Trinajstić information content (AvgIpc) is 2.72. The van der Waals surface area contributed by atoms with Crippen molar-refractivity contribution in [1.82, 2.24) is 4.90 Å². The summed E-state index contributed by atoms with van der Waals surface area (Å²) >= 11 is 0. The lowest BCUT2D eigenvalue weighted by atomic mass is 10.1. The van der Waals surface area contributed by atoms with Crippen molar-refractivity contribution < 1.29 is 0 Å². The SMILES string of the molecule is CC(Cc1ccccc1)N1CCCC1. The summed E-state index contributed by atoms with van der Waals surface area (Å²) < 4.78 is 0. The van der Waals surface area contributed by atoms with Gasteiger partial charge in [0.25, 0.3) is 0 Å². The lowest BCUT2D eigenvalue weighted by molar-refractivity contribution is 0.258. The van der Waals surface area contributed by atoms with Gasteiger partial charge in [-0.15, -0.1) is 0 Å². The third-order valence-electron chi connectivity index (χ3n) is 3.14. The van der Waals surface area contributed by atoms with E-state index in [1.54, 1.807) is 0 Å². The van der Waals surface area contributed by atoms with E-state index in [1.165, 1.54) is 37.9 Å². The quantitative estimate of drug-likeness (QED) is 0.706. The van der Waals surface area contributed by atoms with Gasteiger partial charge in [0, 0.05) is 6.04 Å². The molecule has 1 heterocycles. The van der Waals surface area contributed by atoms with E-state index in [-0.39, 0.29) is 0 Å². The first-order valence-electron chi connectivity index (χ1n) is 5.64. The summed E-state index contributed by atoms with van der Waals surface area (Å²) in [6.07, 6.45) is 3.97. The summed E-state index contributed by atoms with van der Waals surface area (Å²) in [5, 5.41) is 0. The highest BCUT2D eigenvalue weighted by atomic mass is 15.2. The fourth-order valence-corrected chi connectivity index (χ4v) is 2.27. The lowest BCUT2D eigenvalue weighted by Crippen LogP contribution is -2.31. The Kier molecular flexibility index (Phi) is 3.20. The lowest BCUT2D eigenvalue weighted by Gasteiger charge is -2.23. The molecule has 0 saturated carbocycles. The minimum atomic E-state index is 0.708. The van der Waals surface area contributed by atoms with Gasteiger partial charge in [-0.3, -0.25) is 0 Å². The zero-order valence-corrected chi connectivity index (χ0v) is 8.95. The Bertz CT molecular complexity index is 262. The first-order chi connectivity index (χ1) is 6.86. The predicted octanol–water partition coefficient (Wildman–Crippen LogP) is 2.71. The second kappa shape index (κ2) is 4.61. The molecule has 76 valence electrons. The summed E-state index contributed by atoms with van der Waals surface area (Å²) in [6.45, 7) is 4.94. The van der Waals surface area contributed by atoms with Crippen LogP contribution in [0.25, 0.3) is 0 Å². The molecule has 1 nitrogen and oxygen atoms in total. The number of benzene rings is 1. The molecule has 0 spiro atoms. The molecular formula is C13H19N. The first kappa shape index (κ1) is 9.72. The molecule has 1 heteroatoms. The van der Waals surface area contributed by atoms with Crippen LogP contribution in [-0.4, -0.2) is 24.0 Å². The molecule has 1 fully saturated rings. The minimum Gasteiger partial charge on any atom is -0.300 e. The fraction of sp³-hybridized carbons (Fsp3) is 0.538. The van der Waals surface area contributed by atoms with Crippen LogP contribution in [0.2, 0.25) is 0 Å². The maximum absolute atomic E-state index is 2.60. The van der Waals surface area contributed by atoms with Crippen LogP contribution in [0.4, 0.5) is 0 Å². The van der Waals surface area contributed by atoms with E-state index in [2.05, 4.69) is 42.2 Å². The van der Waals surface area contributed by atoms with E-state index in [0.29, 0.717) is 6.04 Å². The molecular weight excluding hydrogens is 170 g/mol. The van der Waals surface area contributed by atoms with Gasteiger partial charge < -0.3 is 4.90 Å². The van der Waals surface area contributed by atoms with Crippen LogP contribution in [-0.2, 0) is 6.42 Å². The van der Waals surface area contributed by atoms with Gasteiger partial charge in [0.2, 0.25) is 0 Å². The van der Waals surface area contributed by atoms with Crippen LogP contribution in [0.1, 0.15) is 25.3 Å². The molecule has 2 rings (SSSR count). The predicted molar refractivity (Wildman–Crippen MR) is 60.4 cm³/mol. The number of nitrogens with zero attached hydrogens (tertiary/aromatic N) is 1. The second-order valence-electron chi connectivity index (χ2n) is 4.28. The largest absolute Gasteiger partial charge is 0.300 e. The monoisotopic (exact) mass is 189 g/mol. The van der Waals surface area contributed by atoms with Crippen molar-refractivity contribution in [2.45, 2.75) is 32.2 Å². The van der Waals surface area contributed by atoms with Gasteiger partial charge >= 0.3 is 0 Å². The third-order valence-corrected chi connectivity index (χ3v) is 3.14. The van der Waals surface area contributed by atoms with Crippen molar-refractivity contribution in [3.8, 4) is 0 Å². The van der Waals surface area contributed by atoms with Gasteiger partial charge in [0.15, 0.2) is 0 Å². The minimum absolute atomic E-state index is 0.708. The van der Waals surface area contributed by atoms with Crippen LogP contribution in [0.15, 0.2) is 30.3 Å². The number of hydrogen-bond acceptors (Lipinski definition) is 1. The molecule has 1 saturated heterocycles. The molecule has 0 radical (unpaired) electrons. The molecule has 1 aromatic rings. The molecule has 1 aliphatic heterocycles. The molecule has 0 N–H and O–H groups in total. The van der Waals surface area contributed by atoms with Crippen molar-refractivity contribution in [1.29, 1.82) is 0 Å². The Hall–Kier alpha value is -0.820. The first-order valence-corrected chi connectivity index (χ1v) is 5.64. The van der Waals surface area contributed by atoms with Gasteiger partial charge in [-0.25, -0.2) is 0 Å². The highest BCUT2D eigenvalue weighted by Crippen LogP contribution is 2.14. The Morgan fingerprint density at radius 1 is 1.14 bits per heavy atom. The Labute approximate surface area is 86.7 Å². The maximum Gasteiger partial charge on any atom is 0.0107 e. The van der Waals surface area contributed by atoms with E-state index in [4.69, 9.17) is 0 Å².